The van der Waals surface area contributed by atoms with Crippen molar-refractivity contribution < 1.29 is 19.5 Å². The summed E-state index contributed by atoms with van der Waals surface area (Å²) < 4.78 is 0. The number of likely N-dealkylation sites (tertiary alicyclic amines) is 1. The summed E-state index contributed by atoms with van der Waals surface area (Å²) in [4.78, 5) is 44.0. The Labute approximate surface area is 207 Å². The Morgan fingerprint density at radius 2 is 1.86 bits per heavy atom. The Morgan fingerprint density at radius 1 is 1.23 bits per heavy atom. The Morgan fingerprint density at radius 3 is 2.40 bits per heavy atom. The van der Waals surface area contributed by atoms with Gasteiger partial charge < -0.3 is 26.4 Å². The molecule has 5 N–H and O–H groups in total. The number of hydrogen-bond acceptors (Lipinski definition) is 6. The van der Waals surface area contributed by atoms with Crippen molar-refractivity contribution in [3.8, 4) is 0 Å². The number of aliphatic hydroxyl groups is 1. The first-order valence-electron chi connectivity index (χ1n) is 11.9. The van der Waals surface area contributed by atoms with Crippen molar-refractivity contribution in [3.05, 3.63) is 41.1 Å². The maximum atomic E-state index is 13.3. The number of carbonyl (C=O) groups is 3. The standard InChI is InChI=1S/C26H39N5O4/c1-7-28-17(3)16(2)19-10-8-18(9-11-19)14-29-24(34)21-12-20(32)15-31(21)25(35)23(26(4,5)6)30-22(33)13-27/h7-11,20-21,23,32H,12-15,27H2,1-6H3,(H,29,34)(H,30,33)/b17-16+,28-7?/t20-,21+,23-/m1/s1. The van der Waals surface area contributed by atoms with Gasteiger partial charge in [-0.25, -0.2) is 0 Å². The molecular formula is C26H39N5O4. The average Bonchev–Trinajstić information content (AvgIpc) is 3.21. The second-order valence-electron chi connectivity index (χ2n) is 9.98. The van der Waals surface area contributed by atoms with Crippen LogP contribution in [0.2, 0.25) is 0 Å². The molecule has 0 saturated carbocycles. The summed E-state index contributed by atoms with van der Waals surface area (Å²) in [6.45, 7) is 11.4. The van der Waals surface area contributed by atoms with Crippen LogP contribution < -0.4 is 16.4 Å². The van der Waals surface area contributed by atoms with E-state index in [2.05, 4.69) is 15.6 Å². The Bertz CT molecular complexity index is 978. The number of nitrogens with one attached hydrogen (secondary N) is 2. The number of nitrogens with two attached hydrogens (primary N) is 1. The zero-order valence-electron chi connectivity index (χ0n) is 21.6. The third-order valence-electron chi connectivity index (χ3n) is 6.19. The first-order valence-corrected chi connectivity index (χ1v) is 11.9. The molecule has 3 amide bonds. The smallest absolute Gasteiger partial charge is 0.246 e. The fourth-order valence-electron chi connectivity index (χ4n) is 4.02. The van der Waals surface area contributed by atoms with Crippen LogP contribution in [0.4, 0.5) is 0 Å². The van der Waals surface area contributed by atoms with Gasteiger partial charge in [-0.05, 0) is 42.9 Å². The van der Waals surface area contributed by atoms with Gasteiger partial charge in [0.25, 0.3) is 0 Å². The number of hydrogen-bond donors (Lipinski definition) is 4. The van der Waals surface area contributed by atoms with E-state index in [4.69, 9.17) is 5.73 Å². The highest BCUT2D eigenvalue weighted by atomic mass is 16.3. The van der Waals surface area contributed by atoms with Crippen LogP contribution in [0.15, 0.2) is 35.0 Å². The number of aliphatic hydroxyl groups excluding tert-OH is 1. The quantitative estimate of drug-likeness (QED) is 0.415. The fraction of sp³-hybridized carbons (Fsp3) is 0.538. The van der Waals surface area contributed by atoms with Crippen LogP contribution in [0.5, 0.6) is 0 Å². The Balaban J connectivity index is 2.11. The lowest BCUT2D eigenvalue weighted by molar-refractivity contribution is -0.143. The van der Waals surface area contributed by atoms with Crippen LogP contribution in [0.25, 0.3) is 5.57 Å². The topological polar surface area (TPSA) is 137 Å². The largest absolute Gasteiger partial charge is 0.391 e. The van der Waals surface area contributed by atoms with E-state index in [-0.39, 0.29) is 32.0 Å². The second-order valence-corrected chi connectivity index (χ2v) is 9.98. The highest BCUT2D eigenvalue weighted by Gasteiger charge is 2.44. The van der Waals surface area contributed by atoms with Crippen molar-refractivity contribution in [2.45, 2.75) is 72.7 Å². The zero-order chi connectivity index (χ0) is 26.3. The van der Waals surface area contributed by atoms with Gasteiger partial charge in [0.1, 0.15) is 12.1 Å². The van der Waals surface area contributed by atoms with Gasteiger partial charge in [-0.2, -0.15) is 0 Å². The van der Waals surface area contributed by atoms with Crippen molar-refractivity contribution in [3.63, 3.8) is 0 Å². The fourth-order valence-corrected chi connectivity index (χ4v) is 4.02. The first-order chi connectivity index (χ1) is 16.4. The van der Waals surface area contributed by atoms with Gasteiger partial charge in [-0.3, -0.25) is 19.4 Å². The monoisotopic (exact) mass is 485 g/mol. The molecule has 3 atom stereocenters. The third kappa shape index (κ3) is 7.47. The van der Waals surface area contributed by atoms with Crippen LogP contribution in [0.1, 0.15) is 59.1 Å². The van der Waals surface area contributed by atoms with E-state index >= 15 is 0 Å². The number of benzene rings is 1. The predicted octanol–water partition coefficient (Wildman–Crippen LogP) is 1.60. The molecule has 2 rings (SSSR count). The molecular weight excluding hydrogens is 446 g/mol. The first kappa shape index (κ1) is 28.2. The molecule has 1 aliphatic heterocycles. The average molecular weight is 486 g/mol. The van der Waals surface area contributed by atoms with Crippen LogP contribution in [-0.2, 0) is 20.9 Å². The van der Waals surface area contributed by atoms with E-state index in [9.17, 15) is 19.5 Å². The van der Waals surface area contributed by atoms with Crippen molar-refractivity contribution >= 4 is 29.5 Å². The normalized spacial score (nSPS) is 19.9. The second kappa shape index (κ2) is 12.1. The highest BCUT2D eigenvalue weighted by Crippen LogP contribution is 2.26. The van der Waals surface area contributed by atoms with Gasteiger partial charge in [-0.15, -0.1) is 0 Å². The molecule has 1 aliphatic rings. The van der Waals surface area contributed by atoms with Crippen LogP contribution >= 0.6 is 0 Å². The summed E-state index contributed by atoms with van der Waals surface area (Å²) in [6, 6.07) is 6.14. The summed E-state index contributed by atoms with van der Waals surface area (Å²) >= 11 is 0. The van der Waals surface area contributed by atoms with E-state index in [1.807, 2.05) is 65.8 Å². The number of rotatable bonds is 8. The summed E-state index contributed by atoms with van der Waals surface area (Å²) in [5, 5.41) is 15.8. The molecule has 1 saturated heterocycles. The third-order valence-corrected chi connectivity index (χ3v) is 6.19. The Kier molecular flexibility index (Phi) is 9.73. The van der Waals surface area contributed by atoms with E-state index in [0.29, 0.717) is 0 Å². The van der Waals surface area contributed by atoms with Gasteiger partial charge in [0.2, 0.25) is 17.7 Å². The molecule has 1 heterocycles. The van der Waals surface area contributed by atoms with Gasteiger partial charge in [0.05, 0.1) is 12.6 Å². The van der Waals surface area contributed by atoms with Crippen molar-refractivity contribution in [2.24, 2.45) is 16.1 Å². The maximum Gasteiger partial charge on any atom is 0.246 e. The molecule has 35 heavy (non-hydrogen) atoms. The molecule has 0 unspecified atom stereocenters. The number of amides is 3. The lowest BCUT2D eigenvalue weighted by Gasteiger charge is -2.35. The molecule has 0 aromatic heterocycles. The number of nitrogens with zero attached hydrogens (tertiary/aromatic N) is 2. The van der Waals surface area contributed by atoms with Crippen molar-refractivity contribution in [1.82, 2.24) is 15.5 Å². The predicted molar refractivity (Wildman–Crippen MR) is 137 cm³/mol. The minimum atomic E-state index is -0.872. The number of aliphatic imine (C=N–C) groups is 1. The minimum absolute atomic E-state index is 0.0297. The molecule has 1 aromatic carbocycles. The molecule has 0 radical (unpaired) electrons. The van der Waals surface area contributed by atoms with Gasteiger partial charge in [0.15, 0.2) is 0 Å². The van der Waals surface area contributed by atoms with Crippen molar-refractivity contribution in [1.29, 1.82) is 0 Å². The highest BCUT2D eigenvalue weighted by molar-refractivity contribution is 5.93. The molecule has 0 aliphatic carbocycles. The molecule has 1 fully saturated rings. The number of β-amino-alcohol motifs (C(OH)–C–C–N with tert-alkyl or cyclic N) is 1. The van der Waals surface area contributed by atoms with Gasteiger partial charge in [-0.1, -0.05) is 45.0 Å². The summed E-state index contributed by atoms with van der Waals surface area (Å²) in [5.41, 5.74) is 8.78. The Hall–Kier alpha value is -3.04. The lowest BCUT2D eigenvalue weighted by Crippen LogP contribution is -2.58. The maximum absolute atomic E-state index is 13.3. The zero-order valence-corrected chi connectivity index (χ0v) is 21.6. The van der Waals surface area contributed by atoms with E-state index in [1.54, 1.807) is 6.21 Å². The SMILES string of the molecule is CC=N/C(C)=C(\C)c1ccc(CNC(=O)[C@@H]2C[C@@H](O)CN2C(=O)[C@@H](NC(=O)CN)C(C)(C)C)cc1. The summed E-state index contributed by atoms with van der Waals surface area (Å²) in [6.07, 6.45) is 1.08. The molecule has 1 aromatic rings. The van der Waals surface area contributed by atoms with Gasteiger partial charge >= 0.3 is 0 Å². The minimum Gasteiger partial charge on any atom is -0.391 e. The summed E-state index contributed by atoms with van der Waals surface area (Å²) in [7, 11) is 0. The van der Waals surface area contributed by atoms with E-state index < -0.39 is 35.4 Å². The van der Waals surface area contributed by atoms with Crippen LogP contribution in [0.3, 0.4) is 0 Å². The lowest BCUT2D eigenvalue weighted by atomic mass is 9.85. The number of carbonyl (C=O) groups excluding carboxylic acids is 3. The molecule has 9 heteroatoms. The van der Waals surface area contributed by atoms with Crippen molar-refractivity contribution in [2.75, 3.05) is 13.1 Å². The van der Waals surface area contributed by atoms with Crippen LogP contribution in [-0.4, -0.2) is 65.2 Å². The van der Waals surface area contributed by atoms with Gasteiger partial charge in [0, 0.05) is 31.4 Å². The van der Waals surface area contributed by atoms with E-state index in [0.717, 1.165) is 22.4 Å². The summed E-state index contributed by atoms with van der Waals surface area (Å²) in [5.74, 6) is -1.21. The number of allylic oxidation sites excluding steroid dienone is 2. The molecule has 0 spiro atoms. The van der Waals surface area contributed by atoms with E-state index in [1.165, 1.54) is 4.90 Å². The molecule has 9 nitrogen and oxygen atoms in total. The molecule has 192 valence electrons. The molecule has 0 bridgehead atoms. The van der Waals surface area contributed by atoms with Crippen LogP contribution in [0, 0.1) is 5.41 Å².